The van der Waals surface area contributed by atoms with Crippen molar-refractivity contribution in [3.05, 3.63) is 35.4 Å². The largest absolute Gasteiger partial charge is 0.369 e. The van der Waals surface area contributed by atoms with Crippen LogP contribution in [0.5, 0.6) is 0 Å². The van der Waals surface area contributed by atoms with E-state index in [4.69, 9.17) is 0 Å². The normalized spacial score (nSPS) is 24.4. The zero-order chi connectivity index (χ0) is 19.8. The minimum atomic E-state index is 0.0509. The molecule has 0 spiro atoms. The van der Waals surface area contributed by atoms with Crippen LogP contribution in [0.2, 0.25) is 0 Å². The molecule has 0 bridgehead atoms. The minimum Gasteiger partial charge on any atom is -0.369 e. The Bertz CT molecular complexity index is 725. The van der Waals surface area contributed by atoms with Gasteiger partial charge in [-0.15, -0.1) is 0 Å². The van der Waals surface area contributed by atoms with Gasteiger partial charge in [-0.3, -0.25) is 4.79 Å². The van der Waals surface area contributed by atoms with Crippen LogP contribution in [0.1, 0.15) is 40.2 Å². The van der Waals surface area contributed by atoms with Crippen molar-refractivity contribution in [2.24, 2.45) is 17.3 Å². The fourth-order valence-electron chi connectivity index (χ4n) is 4.46. The Morgan fingerprint density at radius 1 is 1.22 bits per heavy atom. The predicted octanol–water partition coefficient (Wildman–Crippen LogP) is 4.31. The van der Waals surface area contributed by atoms with Crippen molar-refractivity contribution in [2.45, 2.75) is 41.5 Å². The molecule has 148 valence electrons. The van der Waals surface area contributed by atoms with E-state index in [9.17, 15) is 4.79 Å². The van der Waals surface area contributed by atoms with Gasteiger partial charge in [0.15, 0.2) is 0 Å². The van der Waals surface area contributed by atoms with Gasteiger partial charge in [-0.2, -0.15) is 0 Å². The van der Waals surface area contributed by atoms with Gasteiger partial charge >= 0.3 is 0 Å². The summed E-state index contributed by atoms with van der Waals surface area (Å²) in [5.41, 5.74) is 4.76. The lowest BCUT2D eigenvalue weighted by Crippen LogP contribution is -2.46. The summed E-state index contributed by atoms with van der Waals surface area (Å²) in [4.78, 5) is 17.7. The van der Waals surface area contributed by atoms with Crippen LogP contribution in [0.4, 0.5) is 11.4 Å². The number of nitrogens with one attached hydrogen (secondary N) is 1. The zero-order valence-electron chi connectivity index (χ0n) is 17.8. The van der Waals surface area contributed by atoms with Crippen LogP contribution < -0.4 is 10.2 Å². The fourth-order valence-corrected chi connectivity index (χ4v) is 4.46. The second-order valence-electron chi connectivity index (χ2n) is 8.98. The molecule has 1 aliphatic carbocycles. The first-order chi connectivity index (χ1) is 12.7. The van der Waals surface area contributed by atoms with Crippen LogP contribution >= 0.6 is 0 Å². The molecule has 1 aromatic carbocycles. The molecule has 1 amide bonds. The van der Waals surface area contributed by atoms with Crippen LogP contribution in [0.15, 0.2) is 29.8 Å². The van der Waals surface area contributed by atoms with Gasteiger partial charge in [-0.1, -0.05) is 32.4 Å². The zero-order valence-corrected chi connectivity index (χ0v) is 17.8. The van der Waals surface area contributed by atoms with Crippen molar-refractivity contribution in [1.29, 1.82) is 0 Å². The maximum atomic E-state index is 12.8. The number of rotatable bonds is 5. The highest BCUT2D eigenvalue weighted by molar-refractivity contribution is 5.96. The Labute approximate surface area is 164 Å². The molecule has 1 aromatic rings. The molecule has 2 aliphatic rings. The third kappa shape index (κ3) is 4.21. The number of carbonyl (C=O) groups excluding carboxylic acids is 1. The Balaban J connectivity index is 1.65. The molecule has 2 unspecified atom stereocenters. The number of amides is 1. The number of benzene rings is 1. The van der Waals surface area contributed by atoms with E-state index in [2.05, 4.69) is 80.9 Å². The van der Waals surface area contributed by atoms with Gasteiger partial charge in [-0.05, 0) is 62.4 Å². The van der Waals surface area contributed by atoms with E-state index in [0.29, 0.717) is 5.92 Å². The van der Waals surface area contributed by atoms with E-state index < -0.39 is 0 Å². The highest BCUT2D eigenvalue weighted by Crippen LogP contribution is 2.59. The van der Waals surface area contributed by atoms with Gasteiger partial charge in [0.1, 0.15) is 0 Å². The van der Waals surface area contributed by atoms with Crippen LogP contribution in [0, 0.1) is 24.2 Å². The Morgan fingerprint density at radius 3 is 2.44 bits per heavy atom. The highest BCUT2D eigenvalue weighted by Gasteiger charge is 2.60. The van der Waals surface area contributed by atoms with Crippen LogP contribution in [0.3, 0.4) is 0 Å². The summed E-state index contributed by atoms with van der Waals surface area (Å²) >= 11 is 0. The molecular weight excluding hydrogens is 334 g/mol. The molecule has 1 saturated carbocycles. The van der Waals surface area contributed by atoms with E-state index in [1.54, 1.807) is 0 Å². The van der Waals surface area contributed by atoms with Crippen LogP contribution in [-0.2, 0) is 4.79 Å². The number of hydrogen-bond acceptors (Lipinski definition) is 3. The number of nitrogens with zero attached hydrogens (tertiary/aromatic N) is 2. The number of likely N-dealkylation sites (N-methyl/N-ethyl adjacent to an activating group) is 1. The van der Waals surface area contributed by atoms with Crippen molar-refractivity contribution < 1.29 is 4.79 Å². The van der Waals surface area contributed by atoms with Crippen molar-refractivity contribution >= 4 is 17.3 Å². The summed E-state index contributed by atoms with van der Waals surface area (Å²) in [6.45, 7) is 18.5. The monoisotopic (exact) mass is 369 g/mol. The number of aryl methyl sites for hydroxylation is 1. The topological polar surface area (TPSA) is 35.6 Å². The number of allylic oxidation sites excluding steroid dienone is 2. The SMILES string of the molecule is CCN1CCN(c2ccc(NC(=O)C3C(C=C(C)C)C3(C)C)cc2C)CC1. The molecule has 1 saturated heterocycles. The molecule has 0 aromatic heterocycles. The van der Waals surface area contributed by atoms with Gasteiger partial charge < -0.3 is 15.1 Å². The molecule has 3 rings (SSSR count). The first-order valence-corrected chi connectivity index (χ1v) is 10.3. The third-order valence-electron chi connectivity index (χ3n) is 6.33. The summed E-state index contributed by atoms with van der Waals surface area (Å²) in [6.07, 6.45) is 2.24. The summed E-state index contributed by atoms with van der Waals surface area (Å²) in [6, 6.07) is 6.33. The highest BCUT2D eigenvalue weighted by atomic mass is 16.2. The number of carbonyl (C=O) groups is 1. The summed E-state index contributed by atoms with van der Waals surface area (Å²) in [5, 5.41) is 3.15. The Hall–Kier alpha value is -1.81. The lowest BCUT2D eigenvalue weighted by Gasteiger charge is -2.36. The fraction of sp³-hybridized carbons (Fsp3) is 0.609. The van der Waals surface area contributed by atoms with Crippen molar-refractivity contribution in [1.82, 2.24) is 4.90 Å². The molecule has 2 atom stereocenters. The van der Waals surface area contributed by atoms with Gasteiger partial charge in [0.2, 0.25) is 5.91 Å². The summed E-state index contributed by atoms with van der Waals surface area (Å²) in [7, 11) is 0. The number of piperazine rings is 1. The maximum Gasteiger partial charge on any atom is 0.228 e. The van der Waals surface area contributed by atoms with Gasteiger partial charge in [0.25, 0.3) is 0 Å². The lowest BCUT2D eigenvalue weighted by molar-refractivity contribution is -0.118. The molecule has 0 radical (unpaired) electrons. The van der Waals surface area contributed by atoms with Crippen molar-refractivity contribution in [3.8, 4) is 0 Å². The quantitative estimate of drug-likeness (QED) is 0.786. The second-order valence-corrected chi connectivity index (χ2v) is 8.98. The predicted molar refractivity (Wildman–Crippen MR) is 114 cm³/mol. The minimum absolute atomic E-state index is 0.0509. The average Bonchev–Trinajstić information content (AvgIpc) is 3.14. The Kier molecular flexibility index (Phi) is 5.66. The van der Waals surface area contributed by atoms with E-state index in [1.165, 1.54) is 16.8 Å². The smallest absolute Gasteiger partial charge is 0.228 e. The van der Waals surface area contributed by atoms with E-state index in [1.807, 2.05) is 0 Å². The van der Waals surface area contributed by atoms with E-state index in [-0.39, 0.29) is 17.2 Å². The summed E-state index contributed by atoms with van der Waals surface area (Å²) in [5.74, 6) is 0.554. The molecule has 4 heteroatoms. The first-order valence-electron chi connectivity index (χ1n) is 10.3. The maximum absolute atomic E-state index is 12.8. The van der Waals surface area contributed by atoms with Crippen molar-refractivity contribution in [3.63, 3.8) is 0 Å². The molecule has 1 heterocycles. The second kappa shape index (κ2) is 7.67. The van der Waals surface area contributed by atoms with E-state index in [0.717, 1.165) is 38.4 Å². The van der Waals surface area contributed by atoms with Gasteiger partial charge in [0.05, 0.1) is 5.92 Å². The third-order valence-corrected chi connectivity index (χ3v) is 6.33. The molecular formula is C23H35N3O. The average molecular weight is 370 g/mol. The molecule has 27 heavy (non-hydrogen) atoms. The first kappa shape index (κ1) is 19.9. The molecule has 4 nitrogen and oxygen atoms in total. The molecule has 2 fully saturated rings. The van der Waals surface area contributed by atoms with Gasteiger partial charge in [0, 0.05) is 37.6 Å². The van der Waals surface area contributed by atoms with Gasteiger partial charge in [-0.25, -0.2) is 0 Å². The van der Waals surface area contributed by atoms with E-state index >= 15 is 0 Å². The summed E-state index contributed by atoms with van der Waals surface area (Å²) < 4.78 is 0. The number of hydrogen-bond donors (Lipinski definition) is 1. The van der Waals surface area contributed by atoms with Crippen molar-refractivity contribution in [2.75, 3.05) is 42.9 Å². The molecule has 1 aliphatic heterocycles. The van der Waals surface area contributed by atoms with Crippen LogP contribution in [-0.4, -0.2) is 43.5 Å². The van der Waals surface area contributed by atoms with Crippen LogP contribution in [0.25, 0.3) is 0 Å². The lowest BCUT2D eigenvalue weighted by atomic mass is 10.1. The standard InChI is InChI=1S/C23H35N3O/c1-7-25-10-12-26(13-11-25)20-9-8-18(15-17(20)4)24-22(27)21-19(14-16(2)3)23(21,5)6/h8-9,14-15,19,21H,7,10-13H2,1-6H3,(H,24,27). The number of anilines is 2. The molecule has 1 N–H and O–H groups in total. The Morgan fingerprint density at radius 2 is 1.89 bits per heavy atom.